The van der Waals surface area contributed by atoms with Gasteiger partial charge in [0.25, 0.3) is 0 Å². The lowest BCUT2D eigenvalue weighted by molar-refractivity contribution is -0.0702. The third kappa shape index (κ3) is 4.09. The Morgan fingerprint density at radius 2 is 1.87 bits per heavy atom. The molecule has 1 saturated carbocycles. The summed E-state index contributed by atoms with van der Waals surface area (Å²) < 4.78 is 5.84. The van der Waals surface area contributed by atoms with E-state index in [0.29, 0.717) is 6.54 Å². The average Bonchev–Trinajstić information content (AvgIpc) is 2.17. The van der Waals surface area contributed by atoms with Crippen LogP contribution < -0.4 is 5.73 Å². The molecule has 90 valence electrons. The van der Waals surface area contributed by atoms with Crippen molar-refractivity contribution in [1.29, 1.82) is 0 Å². The van der Waals surface area contributed by atoms with E-state index in [4.69, 9.17) is 10.5 Å². The maximum atomic E-state index is 9.48. The normalized spacial score (nSPS) is 33.0. The lowest BCUT2D eigenvalue weighted by Gasteiger charge is -2.39. The van der Waals surface area contributed by atoms with E-state index in [1.54, 1.807) is 0 Å². The second-order valence-corrected chi connectivity index (χ2v) is 5.84. The molecule has 0 aromatic carbocycles. The predicted octanol–water partition coefficient (Wildman–Crippen LogP) is 1.68. The lowest BCUT2D eigenvalue weighted by atomic mass is 9.73. The zero-order valence-corrected chi connectivity index (χ0v) is 10.3. The number of rotatable bonds is 3. The van der Waals surface area contributed by atoms with Crippen LogP contribution in [-0.4, -0.2) is 30.0 Å². The third-order valence-electron chi connectivity index (χ3n) is 3.26. The zero-order chi connectivity index (χ0) is 11.5. The summed E-state index contributed by atoms with van der Waals surface area (Å²) in [4.78, 5) is 0. The number of hydrogen-bond donors (Lipinski definition) is 2. The van der Waals surface area contributed by atoms with E-state index in [2.05, 4.69) is 20.8 Å². The monoisotopic (exact) mass is 215 g/mol. The van der Waals surface area contributed by atoms with Gasteiger partial charge in [-0.25, -0.2) is 0 Å². The fourth-order valence-corrected chi connectivity index (χ4v) is 1.99. The molecule has 15 heavy (non-hydrogen) atoms. The standard InChI is InChI=1S/C12H25NO2/c1-11(2,3)15-9-12(8-13)6-4-10(14)5-7-12/h10,14H,4-9,13H2,1-3H3. The van der Waals surface area contributed by atoms with Crippen LogP contribution in [-0.2, 0) is 4.74 Å². The average molecular weight is 215 g/mol. The van der Waals surface area contributed by atoms with Crippen molar-refractivity contribution in [2.24, 2.45) is 11.1 Å². The van der Waals surface area contributed by atoms with Crippen LogP contribution in [0.4, 0.5) is 0 Å². The Balaban J connectivity index is 2.47. The molecule has 3 N–H and O–H groups in total. The quantitative estimate of drug-likeness (QED) is 0.753. The molecule has 0 amide bonds. The first kappa shape index (κ1) is 12.9. The molecule has 0 aromatic heterocycles. The van der Waals surface area contributed by atoms with Crippen LogP contribution in [0.5, 0.6) is 0 Å². The topological polar surface area (TPSA) is 55.5 Å². The fourth-order valence-electron chi connectivity index (χ4n) is 1.99. The zero-order valence-electron chi connectivity index (χ0n) is 10.3. The van der Waals surface area contributed by atoms with E-state index in [1.807, 2.05) is 0 Å². The summed E-state index contributed by atoms with van der Waals surface area (Å²) in [6.07, 6.45) is 3.58. The van der Waals surface area contributed by atoms with E-state index in [-0.39, 0.29) is 17.1 Å². The molecule has 1 aliphatic rings. The van der Waals surface area contributed by atoms with Gasteiger partial charge in [0.1, 0.15) is 0 Å². The highest BCUT2D eigenvalue weighted by Gasteiger charge is 2.35. The van der Waals surface area contributed by atoms with Crippen LogP contribution in [0.2, 0.25) is 0 Å². The Morgan fingerprint density at radius 1 is 1.33 bits per heavy atom. The van der Waals surface area contributed by atoms with Gasteiger partial charge in [-0.2, -0.15) is 0 Å². The Hall–Kier alpha value is -0.120. The molecule has 1 rings (SSSR count). The van der Waals surface area contributed by atoms with E-state index >= 15 is 0 Å². The van der Waals surface area contributed by atoms with Crippen molar-refractivity contribution < 1.29 is 9.84 Å². The molecule has 0 saturated heterocycles. The summed E-state index contributed by atoms with van der Waals surface area (Å²) in [6.45, 7) is 7.58. The van der Waals surface area contributed by atoms with Gasteiger partial charge >= 0.3 is 0 Å². The molecule has 3 heteroatoms. The molecule has 0 aliphatic heterocycles. The molecule has 0 atom stereocenters. The van der Waals surface area contributed by atoms with E-state index in [1.165, 1.54) is 0 Å². The summed E-state index contributed by atoms with van der Waals surface area (Å²) in [5.41, 5.74) is 5.86. The second-order valence-electron chi connectivity index (χ2n) is 5.84. The number of ether oxygens (including phenoxy) is 1. The summed E-state index contributed by atoms with van der Waals surface area (Å²) in [5, 5.41) is 9.48. The minimum atomic E-state index is -0.126. The Labute approximate surface area is 93.0 Å². The van der Waals surface area contributed by atoms with Crippen molar-refractivity contribution in [2.75, 3.05) is 13.2 Å². The molecule has 1 fully saturated rings. The van der Waals surface area contributed by atoms with Gasteiger partial charge in [-0.1, -0.05) is 0 Å². The van der Waals surface area contributed by atoms with Crippen LogP contribution in [0.3, 0.4) is 0 Å². The van der Waals surface area contributed by atoms with Gasteiger partial charge in [-0.05, 0) is 46.5 Å². The summed E-state index contributed by atoms with van der Waals surface area (Å²) >= 11 is 0. The van der Waals surface area contributed by atoms with Crippen molar-refractivity contribution in [3.63, 3.8) is 0 Å². The van der Waals surface area contributed by atoms with Crippen molar-refractivity contribution in [1.82, 2.24) is 0 Å². The molecule has 0 heterocycles. The Bertz CT molecular complexity index is 190. The predicted molar refractivity (Wildman–Crippen MR) is 61.7 cm³/mol. The minimum absolute atomic E-state index is 0.0990. The molecule has 3 nitrogen and oxygen atoms in total. The van der Waals surface area contributed by atoms with Crippen molar-refractivity contribution >= 4 is 0 Å². The summed E-state index contributed by atoms with van der Waals surface area (Å²) in [6, 6.07) is 0. The number of hydrogen-bond acceptors (Lipinski definition) is 3. The first-order chi connectivity index (χ1) is 6.87. The molecular formula is C12H25NO2. The van der Waals surface area contributed by atoms with Crippen LogP contribution in [0.15, 0.2) is 0 Å². The number of nitrogens with two attached hydrogens (primary N) is 1. The molecule has 1 aliphatic carbocycles. The van der Waals surface area contributed by atoms with Gasteiger partial charge in [-0.15, -0.1) is 0 Å². The highest BCUT2D eigenvalue weighted by molar-refractivity contribution is 4.87. The molecule has 0 bridgehead atoms. The highest BCUT2D eigenvalue weighted by Crippen LogP contribution is 2.36. The maximum Gasteiger partial charge on any atom is 0.0598 e. The van der Waals surface area contributed by atoms with Gasteiger partial charge in [-0.3, -0.25) is 0 Å². The molecule has 0 spiro atoms. The van der Waals surface area contributed by atoms with Gasteiger partial charge in [0.05, 0.1) is 18.3 Å². The molecule has 0 unspecified atom stereocenters. The van der Waals surface area contributed by atoms with Crippen molar-refractivity contribution in [3.05, 3.63) is 0 Å². The smallest absolute Gasteiger partial charge is 0.0598 e. The Kier molecular flexibility index (Phi) is 4.15. The minimum Gasteiger partial charge on any atom is -0.393 e. The van der Waals surface area contributed by atoms with Crippen LogP contribution >= 0.6 is 0 Å². The second kappa shape index (κ2) is 4.81. The van der Waals surface area contributed by atoms with Gasteiger partial charge in [0.15, 0.2) is 0 Å². The van der Waals surface area contributed by atoms with Crippen LogP contribution in [0.25, 0.3) is 0 Å². The lowest BCUT2D eigenvalue weighted by Crippen LogP contribution is -2.42. The first-order valence-electron chi connectivity index (χ1n) is 5.89. The number of aliphatic hydroxyl groups is 1. The van der Waals surface area contributed by atoms with Crippen LogP contribution in [0, 0.1) is 5.41 Å². The van der Waals surface area contributed by atoms with Gasteiger partial charge in [0, 0.05) is 12.0 Å². The van der Waals surface area contributed by atoms with E-state index in [0.717, 1.165) is 32.3 Å². The third-order valence-corrected chi connectivity index (χ3v) is 3.26. The summed E-state index contributed by atoms with van der Waals surface area (Å²) in [7, 11) is 0. The first-order valence-corrected chi connectivity index (χ1v) is 5.89. The van der Waals surface area contributed by atoms with Crippen molar-refractivity contribution in [3.8, 4) is 0 Å². The van der Waals surface area contributed by atoms with Crippen LogP contribution in [0.1, 0.15) is 46.5 Å². The summed E-state index contributed by atoms with van der Waals surface area (Å²) in [5.74, 6) is 0. The fraction of sp³-hybridized carbons (Fsp3) is 1.00. The highest BCUT2D eigenvalue weighted by atomic mass is 16.5. The van der Waals surface area contributed by atoms with Gasteiger partial charge in [0.2, 0.25) is 0 Å². The van der Waals surface area contributed by atoms with E-state index in [9.17, 15) is 5.11 Å². The molecular weight excluding hydrogens is 190 g/mol. The number of aliphatic hydroxyl groups excluding tert-OH is 1. The van der Waals surface area contributed by atoms with Gasteiger partial charge < -0.3 is 15.6 Å². The molecule has 0 radical (unpaired) electrons. The maximum absolute atomic E-state index is 9.48. The van der Waals surface area contributed by atoms with Crippen molar-refractivity contribution in [2.45, 2.75) is 58.2 Å². The largest absolute Gasteiger partial charge is 0.393 e. The SMILES string of the molecule is CC(C)(C)OCC1(CN)CCC(O)CC1. The van der Waals surface area contributed by atoms with E-state index < -0.39 is 0 Å². The molecule has 0 aromatic rings. The Morgan fingerprint density at radius 3 is 2.27 bits per heavy atom.